The van der Waals surface area contributed by atoms with Crippen molar-refractivity contribution in [3.05, 3.63) is 0 Å². The Bertz CT molecular complexity index is 159. The topological polar surface area (TPSA) is 0 Å². The van der Waals surface area contributed by atoms with E-state index in [1.54, 1.807) is 12.8 Å². The summed E-state index contributed by atoms with van der Waals surface area (Å²) < 4.78 is 0. The highest BCUT2D eigenvalue weighted by molar-refractivity contribution is 4.97. The number of rotatable bonds is 0. The first kappa shape index (κ1) is 8.59. The fourth-order valence-corrected chi connectivity index (χ4v) is 2.77. The lowest BCUT2D eigenvalue weighted by molar-refractivity contribution is 0.141. The molecule has 2 rings (SSSR count). The van der Waals surface area contributed by atoms with E-state index < -0.39 is 0 Å². The highest BCUT2D eigenvalue weighted by atomic mass is 14.5. The average molecular weight is 166 g/mol. The first-order chi connectivity index (χ1) is 5.52. The van der Waals surface area contributed by atoms with Gasteiger partial charge in [0.2, 0.25) is 0 Å². The molecule has 0 unspecified atom stereocenters. The van der Waals surface area contributed by atoms with Crippen LogP contribution in [-0.4, -0.2) is 0 Å². The van der Waals surface area contributed by atoms with Gasteiger partial charge in [0.15, 0.2) is 0 Å². The van der Waals surface area contributed by atoms with Gasteiger partial charge < -0.3 is 0 Å². The van der Waals surface area contributed by atoms with Crippen LogP contribution >= 0.6 is 0 Å². The summed E-state index contributed by atoms with van der Waals surface area (Å²) in [6, 6.07) is 0. The minimum atomic E-state index is 0.566. The lowest BCUT2D eigenvalue weighted by atomic mass is 9.69. The van der Waals surface area contributed by atoms with Crippen LogP contribution in [0.25, 0.3) is 0 Å². The van der Waals surface area contributed by atoms with Gasteiger partial charge in [-0.3, -0.25) is 0 Å². The van der Waals surface area contributed by atoms with Crippen LogP contribution in [-0.2, 0) is 0 Å². The molecule has 0 atom stereocenters. The van der Waals surface area contributed by atoms with Gasteiger partial charge in [0.1, 0.15) is 0 Å². The Kier molecular flexibility index (Phi) is 1.79. The van der Waals surface area contributed by atoms with E-state index in [2.05, 4.69) is 20.8 Å². The Labute approximate surface area is 76.7 Å². The highest BCUT2D eigenvalue weighted by Crippen LogP contribution is 2.58. The Morgan fingerprint density at radius 2 is 1.42 bits per heavy atom. The van der Waals surface area contributed by atoms with E-state index in [-0.39, 0.29) is 0 Å². The minimum absolute atomic E-state index is 0.566. The minimum Gasteiger partial charge on any atom is -0.0599 e. The Balaban J connectivity index is 1.90. The molecule has 12 heavy (non-hydrogen) atoms. The monoisotopic (exact) mass is 166 g/mol. The van der Waals surface area contributed by atoms with Crippen molar-refractivity contribution in [2.75, 3.05) is 0 Å². The van der Waals surface area contributed by atoms with Crippen LogP contribution in [0, 0.1) is 16.7 Å². The van der Waals surface area contributed by atoms with Crippen molar-refractivity contribution in [1.29, 1.82) is 0 Å². The number of hydrogen-bond donors (Lipinski definition) is 0. The van der Waals surface area contributed by atoms with Gasteiger partial charge in [0, 0.05) is 0 Å². The molecule has 2 saturated carbocycles. The first-order valence-electron chi connectivity index (χ1n) is 5.52. The van der Waals surface area contributed by atoms with E-state index in [4.69, 9.17) is 0 Å². The Morgan fingerprint density at radius 1 is 0.917 bits per heavy atom. The molecule has 0 aromatic rings. The third-order valence-corrected chi connectivity index (χ3v) is 4.23. The zero-order chi connectivity index (χ0) is 8.82. The second-order valence-corrected chi connectivity index (χ2v) is 6.14. The van der Waals surface area contributed by atoms with Gasteiger partial charge in [-0.25, -0.2) is 0 Å². The summed E-state index contributed by atoms with van der Waals surface area (Å²) in [7, 11) is 0. The van der Waals surface area contributed by atoms with Crippen molar-refractivity contribution < 1.29 is 0 Å². The van der Waals surface area contributed by atoms with Crippen LogP contribution in [0.1, 0.15) is 59.3 Å². The molecule has 0 heteroatoms. The van der Waals surface area contributed by atoms with Gasteiger partial charge >= 0.3 is 0 Å². The molecule has 0 N–H and O–H groups in total. The summed E-state index contributed by atoms with van der Waals surface area (Å²) in [6.07, 6.45) is 9.17. The zero-order valence-corrected chi connectivity index (χ0v) is 8.82. The molecule has 0 amide bonds. The van der Waals surface area contributed by atoms with Gasteiger partial charge in [-0.05, 0) is 55.3 Å². The summed E-state index contributed by atoms with van der Waals surface area (Å²) in [4.78, 5) is 0. The summed E-state index contributed by atoms with van der Waals surface area (Å²) in [6.45, 7) is 7.22. The summed E-state index contributed by atoms with van der Waals surface area (Å²) >= 11 is 0. The standard InChI is InChI=1S/C12H22/c1-11(2,3)10-4-6-12(7-5-10)8-9-12/h10H,4-9H2,1-3H3. The Hall–Kier alpha value is 0. The molecule has 0 nitrogen and oxygen atoms in total. The van der Waals surface area contributed by atoms with Crippen LogP contribution in [0.5, 0.6) is 0 Å². The molecule has 0 aromatic heterocycles. The van der Waals surface area contributed by atoms with Gasteiger partial charge in [0.05, 0.1) is 0 Å². The molecule has 70 valence electrons. The van der Waals surface area contributed by atoms with Crippen molar-refractivity contribution in [2.45, 2.75) is 59.3 Å². The molecule has 0 bridgehead atoms. The lowest BCUT2D eigenvalue weighted by Gasteiger charge is -2.37. The quantitative estimate of drug-likeness (QED) is 0.510. The number of hydrogen-bond acceptors (Lipinski definition) is 0. The van der Waals surface area contributed by atoms with E-state index >= 15 is 0 Å². The van der Waals surface area contributed by atoms with Crippen molar-refractivity contribution in [3.63, 3.8) is 0 Å². The lowest BCUT2D eigenvalue weighted by Crippen LogP contribution is -2.26. The average Bonchev–Trinajstić information content (AvgIpc) is 2.68. The van der Waals surface area contributed by atoms with Crippen LogP contribution < -0.4 is 0 Å². The largest absolute Gasteiger partial charge is 0.0599 e. The molecule has 1 spiro atoms. The maximum Gasteiger partial charge on any atom is -0.0297 e. The van der Waals surface area contributed by atoms with Gasteiger partial charge in [0.25, 0.3) is 0 Å². The van der Waals surface area contributed by atoms with E-state index in [1.165, 1.54) is 25.7 Å². The zero-order valence-electron chi connectivity index (χ0n) is 8.82. The van der Waals surface area contributed by atoms with Crippen LogP contribution in [0.4, 0.5) is 0 Å². The van der Waals surface area contributed by atoms with E-state index in [0.29, 0.717) is 5.41 Å². The summed E-state index contributed by atoms with van der Waals surface area (Å²) in [5.41, 5.74) is 1.44. The predicted molar refractivity (Wildman–Crippen MR) is 53.1 cm³/mol. The fourth-order valence-electron chi connectivity index (χ4n) is 2.77. The van der Waals surface area contributed by atoms with Crippen molar-refractivity contribution >= 4 is 0 Å². The van der Waals surface area contributed by atoms with Crippen LogP contribution in [0.3, 0.4) is 0 Å². The molecule has 2 aliphatic rings. The van der Waals surface area contributed by atoms with Gasteiger partial charge in [-0.2, -0.15) is 0 Å². The van der Waals surface area contributed by atoms with E-state index in [9.17, 15) is 0 Å². The van der Waals surface area contributed by atoms with Crippen LogP contribution in [0.15, 0.2) is 0 Å². The van der Waals surface area contributed by atoms with Gasteiger partial charge in [-0.1, -0.05) is 20.8 Å². The summed E-state index contributed by atoms with van der Waals surface area (Å²) in [5, 5.41) is 0. The van der Waals surface area contributed by atoms with Crippen molar-refractivity contribution in [1.82, 2.24) is 0 Å². The fraction of sp³-hybridized carbons (Fsp3) is 1.00. The van der Waals surface area contributed by atoms with E-state index in [0.717, 1.165) is 11.3 Å². The molecule has 2 fully saturated rings. The van der Waals surface area contributed by atoms with Gasteiger partial charge in [-0.15, -0.1) is 0 Å². The molecule has 0 radical (unpaired) electrons. The highest BCUT2D eigenvalue weighted by Gasteiger charge is 2.46. The first-order valence-corrected chi connectivity index (χ1v) is 5.52. The molecule has 0 aromatic carbocycles. The second-order valence-electron chi connectivity index (χ2n) is 6.14. The maximum atomic E-state index is 2.41. The summed E-state index contributed by atoms with van der Waals surface area (Å²) in [5.74, 6) is 1.00. The smallest absolute Gasteiger partial charge is 0.0297 e. The molecular weight excluding hydrogens is 144 g/mol. The van der Waals surface area contributed by atoms with Crippen molar-refractivity contribution in [3.8, 4) is 0 Å². The van der Waals surface area contributed by atoms with Crippen molar-refractivity contribution in [2.24, 2.45) is 16.7 Å². The Morgan fingerprint density at radius 3 is 1.75 bits per heavy atom. The normalized spacial score (nSPS) is 29.2. The molecule has 0 saturated heterocycles. The third kappa shape index (κ3) is 1.53. The maximum absolute atomic E-state index is 2.41. The van der Waals surface area contributed by atoms with Crippen LogP contribution in [0.2, 0.25) is 0 Å². The molecular formula is C12H22. The predicted octanol–water partition coefficient (Wildman–Crippen LogP) is 4.00. The third-order valence-electron chi connectivity index (χ3n) is 4.23. The second kappa shape index (κ2) is 2.49. The SMILES string of the molecule is CC(C)(C)C1CCC2(CC1)CC2. The van der Waals surface area contributed by atoms with E-state index in [1.807, 2.05) is 0 Å². The molecule has 2 aliphatic carbocycles. The molecule has 0 aliphatic heterocycles. The molecule has 0 heterocycles.